The summed E-state index contributed by atoms with van der Waals surface area (Å²) in [7, 11) is 1.79. The van der Waals surface area contributed by atoms with E-state index in [1.54, 1.807) is 11.9 Å². The fourth-order valence-electron chi connectivity index (χ4n) is 3.98. The summed E-state index contributed by atoms with van der Waals surface area (Å²) in [4.78, 5) is 19.0. The minimum Gasteiger partial charge on any atom is -0.304 e. The van der Waals surface area contributed by atoms with Crippen LogP contribution in [0.3, 0.4) is 0 Å². The summed E-state index contributed by atoms with van der Waals surface area (Å²) >= 11 is 0. The lowest BCUT2D eigenvalue weighted by Crippen LogP contribution is -2.42. The van der Waals surface area contributed by atoms with Crippen molar-refractivity contribution in [1.82, 2.24) is 4.90 Å². The van der Waals surface area contributed by atoms with Crippen molar-refractivity contribution in [2.75, 3.05) is 7.05 Å². The zero-order valence-corrected chi connectivity index (χ0v) is 17.4. The predicted octanol–water partition coefficient (Wildman–Crippen LogP) is 5.82. The number of aryl methyl sites for hydroxylation is 1. The highest BCUT2D eigenvalue weighted by Gasteiger charge is 2.35. The molecule has 0 saturated carbocycles. The summed E-state index contributed by atoms with van der Waals surface area (Å²) in [6, 6.07) is 25.6. The van der Waals surface area contributed by atoms with Gasteiger partial charge in [0.15, 0.2) is 0 Å². The number of nitrogens with zero attached hydrogens (tertiary/aromatic N) is 2. The van der Waals surface area contributed by atoms with Gasteiger partial charge in [-0.1, -0.05) is 72.3 Å². The molecule has 1 unspecified atom stereocenters. The van der Waals surface area contributed by atoms with Gasteiger partial charge in [-0.2, -0.15) is 0 Å². The van der Waals surface area contributed by atoms with Crippen LogP contribution in [0, 0.1) is 6.92 Å². The first-order valence-corrected chi connectivity index (χ1v) is 9.97. The van der Waals surface area contributed by atoms with Crippen LogP contribution in [0.15, 0.2) is 77.8 Å². The van der Waals surface area contributed by atoms with Crippen molar-refractivity contribution in [3.05, 3.63) is 83.9 Å². The predicted molar refractivity (Wildman–Crippen MR) is 120 cm³/mol. The van der Waals surface area contributed by atoms with Crippen LogP contribution in [-0.4, -0.2) is 23.7 Å². The van der Waals surface area contributed by atoms with Gasteiger partial charge < -0.3 is 4.90 Å². The summed E-state index contributed by atoms with van der Waals surface area (Å²) in [5.74, 6) is 0.870. The summed E-state index contributed by atoms with van der Waals surface area (Å²) in [5, 5.41) is 0. The van der Waals surface area contributed by atoms with Gasteiger partial charge in [-0.05, 0) is 54.7 Å². The third-order valence-electron chi connectivity index (χ3n) is 5.79. The quantitative estimate of drug-likeness (QED) is 0.561. The maximum absolute atomic E-state index is 12.5. The molecule has 1 amide bonds. The molecule has 0 spiro atoms. The van der Waals surface area contributed by atoms with Crippen molar-refractivity contribution in [3.8, 4) is 22.3 Å². The average Bonchev–Trinajstić information content (AvgIpc) is 2.72. The Hall–Kier alpha value is -3.20. The summed E-state index contributed by atoms with van der Waals surface area (Å²) in [5.41, 5.74) is 6.46. The molecule has 0 saturated heterocycles. The van der Waals surface area contributed by atoms with Gasteiger partial charge in [-0.3, -0.25) is 9.79 Å². The second kappa shape index (κ2) is 7.32. The van der Waals surface area contributed by atoms with Crippen LogP contribution in [0.5, 0.6) is 0 Å². The van der Waals surface area contributed by atoms with E-state index in [0.29, 0.717) is 6.42 Å². The second-order valence-electron chi connectivity index (χ2n) is 8.09. The fourth-order valence-corrected chi connectivity index (χ4v) is 3.98. The van der Waals surface area contributed by atoms with Crippen LogP contribution in [0.2, 0.25) is 0 Å². The Labute approximate surface area is 172 Å². The molecule has 0 radical (unpaired) electrons. The molecule has 0 N–H and O–H groups in total. The number of amides is 1. The standard InChI is InChI=1S/C26H26N2O/c1-18-14-23(22-12-10-21(11-13-22)20-8-6-5-7-9-20)16-24(15-18)26(3)17-25(29)28(4)19(2)27-26/h5-16H,17H2,1-4H3. The zero-order valence-electron chi connectivity index (χ0n) is 17.4. The molecule has 3 nitrogen and oxygen atoms in total. The van der Waals surface area contributed by atoms with E-state index >= 15 is 0 Å². The van der Waals surface area contributed by atoms with Crippen LogP contribution in [0.1, 0.15) is 31.4 Å². The minimum atomic E-state index is -0.529. The number of amidine groups is 1. The van der Waals surface area contributed by atoms with Crippen molar-refractivity contribution < 1.29 is 4.79 Å². The summed E-state index contributed by atoms with van der Waals surface area (Å²) in [6.45, 7) is 6.05. The molecule has 1 atom stereocenters. The molecule has 0 fully saturated rings. The highest BCUT2D eigenvalue weighted by molar-refractivity contribution is 5.99. The number of hydrogen-bond acceptors (Lipinski definition) is 2. The van der Waals surface area contributed by atoms with Crippen molar-refractivity contribution in [2.24, 2.45) is 4.99 Å². The SMILES string of the molecule is CC1=NC(C)(c2cc(C)cc(-c3ccc(-c4ccccc4)cc3)c2)CC(=O)N1C. The molecular formula is C26H26N2O. The number of aliphatic imine (C=N–C) groups is 1. The van der Waals surface area contributed by atoms with Gasteiger partial charge in [0.25, 0.3) is 0 Å². The number of hydrogen-bond donors (Lipinski definition) is 0. The van der Waals surface area contributed by atoms with E-state index in [1.165, 1.54) is 16.7 Å². The zero-order chi connectivity index (χ0) is 20.6. The molecule has 1 heterocycles. The topological polar surface area (TPSA) is 32.7 Å². The first kappa shape index (κ1) is 19.1. The first-order valence-electron chi connectivity index (χ1n) is 9.97. The minimum absolute atomic E-state index is 0.107. The molecule has 146 valence electrons. The second-order valence-corrected chi connectivity index (χ2v) is 8.09. The van der Waals surface area contributed by atoms with Crippen LogP contribution in [0.4, 0.5) is 0 Å². The molecule has 4 rings (SSSR count). The maximum Gasteiger partial charge on any atom is 0.230 e. The van der Waals surface area contributed by atoms with Gasteiger partial charge >= 0.3 is 0 Å². The Kier molecular flexibility index (Phi) is 4.83. The molecule has 3 aromatic carbocycles. The lowest BCUT2D eigenvalue weighted by Gasteiger charge is -2.34. The molecular weight excluding hydrogens is 356 g/mol. The van der Waals surface area contributed by atoms with E-state index in [2.05, 4.69) is 80.6 Å². The van der Waals surface area contributed by atoms with Gasteiger partial charge in [0.1, 0.15) is 5.84 Å². The number of benzene rings is 3. The van der Waals surface area contributed by atoms with E-state index < -0.39 is 5.54 Å². The van der Waals surface area contributed by atoms with Gasteiger partial charge in [-0.25, -0.2) is 0 Å². The third kappa shape index (κ3) is 3.73. The molecule has 0 aromatic heterocycles. The molecule has 3 heteroatoms. The maximum atomic E-state index is 12.5. The van der Waals surface area contributed by atoms with E-state index in [0.717, 1.165) is 22.5 Å². The Morgan fingerprint density at radius 2 is 1.41 bits per heavy atom. The van der Waals surface area contributed by atoms with Crippen LogP contribution in [-0.2, 0) is 10.3 Å². The Bertz CT molecular complexity index is 1080. The number of carbonyl (C=O) groups is 1. The van der Waals surface area contributed by atoms with E-state index in [9.17, 15) is 4.79 Å². The van der Waals surface area contributed by atoms with Gasteiger partial charge in [-0.15, -0.1) is 0 Å². The third-order valence-corrected chi connectivity index (χ3v) is 5.79. The van der Waals surface area contributed by atoms with Crippen molar-refractivity contribution in [2.45, 2.75) is 32.7 Å². The molecule has 3 aromatic rings. The molecule has 0 aliphatic carbocycles. The Morgan fingerprint density at radius 3 is 2.03 bits per heavy atom. The van der Waals surface area contributed by atoms with E-state index in [1.807, 2.05) is 13.0 Å². The first-order chi connectivity index (χ1) is 13.9. The molecule has 0 bridgehead atoms. The van der Waals surface area contributed by atoms with Crippen molar-refractivity contribution in [3.63, 3.8) is 0 Å². The van der Waals surface area contributed by atoms with E-state index in [4.69, 9.17) is 4.99 Å². The monoisotopic (exact) mass is 382 g/mol. The number of carbonyl (C=O) groups excluding carboxylic acids is 1. The highest BCUT2D eigenvalue weighted by Crippen LogP contribution is 2.36. The highest BCUT2D eigenvalue weighted by atomic mass is 16.2. The van der Waals surface area contributed by atoms with Crippen LogP contribution < -0.4 is 0 Å². The number of rotatable bonds is 3. The Morgan fingerprint density at radius 1 is 0.828 bits per heavy atom. The smallest absolute Gasteiger partial charge is 0.230 e. The van der Waals surface area contributed by atoms with Crippen LogP contribution >= 0.6 is 0 Å². The fraction of sp³-hybridized carbons (Fsp3) is 0.231. The lowest BCUT2D eigenvalue weighted by molar-refractivity contribution is -0.128. The van der Waals surface area contributed by atoms with Gasteiger partial charge in [0.2, 0.25) is 5.91 Å². The van der Waals surface area contributed by atoms with Crippen molar-refractivity contribution in [1.29, 1.82) is 0 Å². The molecule has 1 aliphatic rings. The normalized spacial score (nSPS) is 19.2. The van der Waals surface area contributed by atoms with Gasteiger partial charge in [0, 0.05) is 7.05 Å². The summed E-state index contributed by atoms with van der Waals surface area (Å²) in [6.07, 6.45) is 0.386. The molecule has 29 heavy (non-hydrogen) atoms. The van der Waals surface area contributed by atoms with Crippen LogP contribution in [0.25, 0.3) is 22.3 Å². The molecule has 1 aliphatic heterocycles. The Balaban J connectivity index is 1.72. The van der Waals surface area contributed by atoms with Crippen molar-refractivity contribution >= 4 is 11.7 Å². The van der Waals surface area contributed by atoms with Gasteiger partial charge in [0.05, 0.1) is 12.0 Å². The van der Waals surface area contributed by atoms with E-state index in [-0.39, 0.29) is 5.91 Å². The lowest BCUT2D eigenvalue weighted by atomic mass is 9.84. The average molecular weight is 383 g/mol. The largest absolute Gasteiger partial charge is 0.304 e. The summed E-state index contributed by atoms with van der Waals surface area (Å²) < 4.78 is 0.